The number of hydrogen-bond donors (Lipinski definition) is 2. The maximum atomic E-state index is 10.6. The molecular weight excluding hydrogens is 240 g/mol. The van der Waals surface area contributed by atoms with Crippen LogP contribution in [0.15, 0.2) is 30.3 Å². The van der Waals surface area contributed by atoms with Gasteiger partial charge in [-0.1, -0.05) is 31.2 Å². The minimum absolute atomic E-state index is 0.0901. The van der Waals surface area contributed by atoms with E-state index in [9.17, 15) is 4.79 Å². The summed E-state index contributed by atoms with van der Waals surface area (Å²) in [6, 6.07) is 7.89. The third kappa shape index (κ3) is 6.62. The maximum absolute atomic E-state index is 10.6. The molecule has 0 saturated carbocycles. The molecule has 0 aromatic heterocycles. The predicted molar refractivity (Wildman–Crippen MR) is 77.9 cm³/mol. The molecule has 0 aliphatic rings. The molecule has 0 aliphatic carbocycles. The standard InChI is InChI=1S/C15H22N2O2/c1-3-10-17-12(2)4-5-13-6-8-14(9-7-13)19-11-15(16)18/h4-9,12,17H,3,10-11H2,1-2H3,(H2,16,18)/b5-4+. The first-order chi connectivity index (χ1) is 9.11. The lowest BCUT2D eigenvalue weighted by molar-refractivity contribution is -0.119. The second-order valence-corrected chi connectivity index (χ2v) is 4.43. The van der Waals surface area contributed by atoms with Crippen molar-refractivity contribution in [2.45, 2.75) is 26.3 Å². The lowest BCUT2D eigenvalue weighted by Gasteiger charge is -2.07. The average Bonchev–Trinajstić information content (AvgIpc) is 2.41. The van der Waals surface area contributed by atoms with Crippen LogP contribution < -0.4 is 15.8 Å². The SMILES string of the molecule is CCCNC(C)/C=C/c1ccc(OCC(N)=O)cc1. The number of amides is 1. The van der Waals surface area contributed by atoms with Crippen molar-refractivity contribution in [3.8, 4) is 5.75 Å². The van der Waals surface area contributed by atoms with E-state index in [0.29, 0.717) is 11.8 Å². The molecule has 0 aliphatic heterocycles. The Morgan fingerprint density at radius 2 is 2.11 bits per heavy atom. The Labute approximate surface area is 114 Å². The third-order valence-corrected chi connectivity index (χ3v) is 2.55. The summed E-state index contributed by atoms with van der Waals surface area (Å²) >= 11 is 0. The van der Waals surface area contributed by atoms with E-state index in [1.807, 2.05) is 24.3 Å². The minimum atomic E-state index is -0.472. The second-order valence-electron chi connectivity index (χ2n) is 4.43. The van der Waals surface area contributed by atoms with Gasteiger partial charge in [0, 0.05) is 6.04 Å². The molecular formula is C15H22N2O2. The molecule has 0 fully saturated rings. The van der Waals surface area contributed by atoms with Gasteiger partial charge in [-0.15, -0.1) is 0 Å². The van der Waals surface area contributed by atoms with Gasteiger partial charge in [0.25, 0.3) is 5.91 Å². The molecule has 0 bridgehead atoms. The summed E-state index contributed by atoms with van der Waals surface area (Å²) in [6.07, 6.45) is 5.31. The zero-order chi connectivity index (χ0) is 14.1. The number of carbonyl (C=O) groups excluding carboxylic acids is 1. The van der Waals surface area contributed by atoms with Crippen LogP contribution in [-0.2, 0) is 4.79 Å². The molecule has 0 saturated heterocycles. The third-order valence-electron chi connectivity index (χ3n) is 2.55. The van der Waals surface area contributed by atoms with Gasteiger partial charge in [0.15, 0.2) is 6.61 Å². The molecule has 4 nitrogen and oxygen atoms in total. The Morgan fingerprint density at radius 3 is 2.68 bits per heavy atom. The van der Waals surface area contributed by atoms with E-state index in [0.717, 1.165) is 18.5 Å². The summed E-state index contributed by atoms with van der Waals surface area (Å²) < 4.78 is 5.19. The molecule has 1 amide bonds. The van der Waals surface area contributed by atoms with E-state index >= 15 is 0 Å². The fourth-order valence-corrected chi connectivity index (χ4v) is 1.53. The zero-order valence-corrected chi connectivity index (χ0v) is 11.6. The molecule has 0 heterocycles. The van der Waals surface area contributed by atoms with Crippen molar-refractivity contribution in [2.75, 3.05) is 13.2 Å². The molecule has 4 heteroatoms. The molecule has 0 radical (unpaired) electrons. The highest BCUT2D eigenvalue weighted by molar-refractivity contribution is 5.75. The van der Waals surface area contributed by atoms with Crippen LogP contribution in [-0.4, -0.2) is 25.1 Å². The smallest absolute Gasteiger partial charge is 0.255 e. The summed E-state index contributed by atoms with van der Waals surface area (Å²) in [4.78, 5) is 10.6. The van der Waals surface area contributed by atoms with E-state index in [2.05, 4.69) is 31.3 Å². The molecule has 1 aromatic rings. The number of ether oxygens (including phenoxy) is 1. The summed E-state index contributed by atoms with van der Waals surface area (Å²) in [5.74, 6) is 0.174. The van der Waals surface area contributed by atoms with Crippen molar-refractivity contribution >= 4 is 12.0 Å². The maximum Gasteiger partial charge on any atom is 0.255 e. The zero-order valence-electron chi connectivity index (χ0n) is 11.6. The summed E-state index contributed by atoms with van der Waals surface area (Å²) in [5, 5.41) is 3.38. The highest BCUT2D eigenvalue weighted by atomic mass is 16.5. The van der Waals surface area contributed by atoms with Crippen molar-refractivity contribution in [3.05, 3.63) is 35.9 Å². The molecule has 3 N–H and O–H groups in total. The Bertz CT molecular complexity index is 413. The fourth-order valence-electron chi connectivity index (χ4n) is 1.53. The van der Waals surface area contributed by atoms with E-state index in [4.69, 9.17) is 10.5 Å². The van der Waals surface area contributed by atoms with Gasteiger partial charge in [0.2, 0.25) is 0 Å². The van der Waals surface area contributed by atoms with Crippen molar-refractivity contribution in [1.29, 1.82) is 0 Å². The molecule has 19 heavy (non-hydrogen) atoms. The minimum Gasteiger partial charge on any atom is -0.484 e. The molecule has 104 valence electrons. The number of hydrogen-bond acceptors (Lipinski definition) is 3. The van der Waals surface area contributed by atoms with Gasteiger partial charge in [0.1, 0.15) is 5.75 Å². The monoisotopic (exact) mass is 262 g/mol. The number of carbonyl (C=O) groups is 1. The van der Waals surface area contributed by atoms with Crippen molar-refractivity contribution in [2.24, 2.45) is 5.73 Å². The van der Waals surface area contributed by atoms with Crippen LogP contribution in [0.25, 0.3) is 6.08 Å². The van der Waals surface area contributed by atoms with Gasteiger partial charge in [-0.3, -0.25) is 4.79 Å². The van der Waals surface area contributed by atoms with E-state index in [-0.39, 0.29) is 6.61 Å². The summed E-state index contributed by atoms with van der Waals surface area (Å²) in [5.41, 5.74) is 6.10. The highest BCUT2D eigenvalue weighted by Gasteiger charge is 1.97. The molecule has 1 atom stereocenters. The van der Waals surface area contributed by atoms with Crippen LogP contribution in [0.4, 0.5) is 0 Å². The first-order valence-corrected chi connectivity index (χ1v) is 6.54. The molecule has 0 spiro atoms. The Hall–Kier alpha value is -1.81. The van der Waals surface area contributed by atoms with Gasteiger partial charge in [-0.25, -0.2) is 0 Å². The van der Waals surface area contributed by atoms with Crippen LogP contribution in [0.2, 0.25) is 0 Å². The van der Waals surface area contributed by atoms with Gasteiger partial charge in [0.05, 0.1) is 0 Å². The quantitative estimate of drug-likeness (QED) is 0.752. The lowest BCUT2D eigenvalue weighted by Crippen LogP contribution is -2.24. The number of nitrogens with one attached hydrogen (secondary N) is 1. The first kappa shape index (κ1) is 15.2. The van der Waals surface area contributed by atoms with E-state index < -0.39 is 5.91 Å². The Morgan fingerprint density at radius 1 is 1.42 bits per heavy atom. The number of nitrogens with two attached hydrogens (primary N) is 1. The second kappa shape index (κ2) is 8.32. The largest absolute Gasteiger partial charge is 0.484 e. The summed E-state index contributed by atoms with van der Waals surface area (Å²) in [6.45, 7) is 5.20. The number of primary amides is 1. The summed E-state index contributed by atoms with van der Waals surface area (Å²) in [7, 11) is 0. The van der Waals surface area contributed by atoms with Crippen molar-refractivity contribution < 1.29 is 9.53 Å². The molecule has 1 rings (SSSR count). The first-order valence-electron chi connectivity index (χ1n) is 6.54. The van der Waals surface area contributed by atoms with Crippen LogP contribution >= 0.6 is 0 Å². The van der Waals surface area contributed by atoms with Gasteiger partial charge >= 0.3 is 0 Å². The van der Waals surface area contributed by atoms with Gasteiger partial charge in [-0.05, 0) is 37.6 Å². The van der Waals surface area contributed by atoms with Gasteiger partial charge < -0.3 is 15.8 Å². The Balaban J connectivity index is 2.47. The van der Waals surface area contributed by atoms with E-state index in [1.54, 1.807) is 0 Å². The average molecular weight is 262 g/mol. The van der Waals surface area contributed by atoms with Crippen LogP contribution in [0, 0.1) is 0 Å². The topological polar surface area (TPSA) is 64.3 Å². The van der Waals surface area contributed by atoms with Crippen LogP contribution in [0.5, 0.6) is 5.75 Å². The van der Waals surface area contributed by atoms with Crippen molar-refractivity contribution in [1.82, 2.24) is 5.32 Å². The fraction of sp³-hybridized carbons (Fsp3) is 0.400. The predicted octanol–water partition coefficient (Wildman–Crippen LogP) is 1.95. The van der Waals surface area contributed by atoms with Crippen molar-refractivity contribution in [3.63, 3.8) is 0 Å². The molecule has 1 unspecified atom stereocenters. The molecule has 1 aromatic carbocycles. The number of benzene rings is 1. The lowest BCUT2D eigenvalue weighted by atomic mass is 10.1. The van der Waals surface area contributed by atoms with Gasteiger partial charge in [-0.2, -0.15) is 0 Å². The van der Waals surface area contributed by atoms with Crippen LogP contribution in [0.1, 0.15) is 25.8 Å². The number of rotatable bonds is 8. The normalized spacial score (nSPS) is 12.5. The van der Waals surface area contributed by atoms with Crippen LogP contribution in [0.3, 0.4) is 0 Å². The highest BCUT2D eigenvalue weighted by Crippen LogP contribution is 2.13. The van der Waals surface area contributed by atoms with E-state index in [1.165, 1.54) is 0 Å². The Kier molecular flexibility index (Phi) is 6.68.